The lowest BCUT2D eigenvalue weighted by atomic mass is 9.73. The number of hydrogen-bond donors (Lipinski definition) is 3. The number of likely N-dealkylation sites (tertiary alicyclic amines) is 1. The van der Waals surface area contributed by atoms with Crippen molar-refractivity contribution in [2.24, 2.45) is 5.92 Å². The Hall–Kier alpha value is -3.27. The predicted octanol–water partition coefficient (Wildman–Crippen LogP) is 5.18. The first-order valence-electron chi connectivity index (χ1n) is 14.7. The summed E-state index contributed by atoms with van der Waals surface area (Å²) in [5.74, 6) is 2.83. The van der Waals surface area contributed by atoms with Gasteiger partial charge in [0.15, 0.2) is 0 Å². The van der Waals surface area contributed by atoms with Crippen LogP contribution in [0.4, 0.5) is 29.0 Å². The third kappa shape index (κ3) is 5.50. The molecule has 2 saturated heterocycles. The van der Waals surface area contributed by atoms with Crippen molar-refractivity contribution >= 4 is 29.0 Å². The number of nitrogens with one attached hydrogen (secondary N) is 2. The van der Waals surface area contributed by atoms with E-state index in [-0.39, 0.29) is 17.1 Å². The molecule has 3 aliphatic heterocycles. The molecule has 2 aromatic heterocycles. The van der Waals surface area contributed by atoms with E-state index in [0.717, 1.165) is 48.1 Å². The van der Waals surface area contributed by atoms with Gasteiger partial charge in [-0.1, -0.05) is 13.0 Å². The minimum Gasteiger partial charge on any atom is -0.385 e. The van der Waals surface area contributed by atoms with Gasteiger partial charge in [0, 0.05) is 41.6 Å². The standard InChI is InChI=1S/C32H43N7O2/c1-30(2)16-26-32(5,20-41-30)24-18-34-29(37-28(24)39(26)27-9-7-8-25(36-27)31(3,4)40)35-23-12-10-22(11-13-23)33-17-21-14-15-38(6)19-21/h7-13,18,21,26,33,40H,14-17,19-20H2,1-6H3,(H,34,35,37)/t21-,26+,32+/m1/s1. The largest absolute Gasteiger partial charge is 0.385 e. The van der Waals surface area contributed by atoms with E-state index in [9.17, 15) is 5.11 Å². The van der Waals surface area contributed by atoms with E-state index in [1.807, 2.05) is 24.4 Å². The summed E-state index contributed by atoms with van der Waals surface area (Å²) < 4.78 is 6.33. The van der Waals surface area contributed by atoms with Gasteiger partial charge in [0.2, 0.25) is 5.95 Å². The fraction of sp³-hybridized carbons (Fsp3) is 0.531. The molecule has 218 valence electrons. The van der Waals surface area contributed by atoms with Crippen LogP contribution in [0, 0.1) is 5.92 Å². The average molecular weight is 558 g/mol. The number of nitrogens with zero attached hydrogens (tertiary/aromatic N) is 5. The van der Waals surface area contributed by atoms with Gasteiger partial charge in [-0.15, -0.1) is 0 Å². The molecule has 3 atom stereocenters. The van der Waals surface area contributed by atoms with Crippen LogP contribution >= 0.6 is 0 Å². The third-order valence-electron chi connectivity index (χ3n) is 8.94. The maximum atomic E-state index is 10.7. The zero-order valence-electron chi connectivity index (χ0n) is 25.1. The van der Waals surface area contributed by atoms with Crippen molar-refractivity contribution in [3.05, 3.63) is 59.9 Å². The highest BCUT2D eigenvalue weighted by Crippen LogP contribution is 2.53. The maximum Gasteiger partial charge on any atom is 0.229 e. The first-order chi connectivity index (χ1) is 19.4. The first kappa shape index (κ1) is 27.9. The normalized spacial score (nSPS) is 25.6. The van der Waals surface area contributed by atoms with E-state index >= 15 is 0 Å². The highest BCUT2D eigenvalue weighted by atomic mass is 16.5. The highest BCUT2D eigenvalue weighted by Gasteiger charge is 2.55. The minimum atomic E-state index is -1.05. The summed E-state index contributed by atoms with van der Waals surface area (Å²) >= 11 is 0. The molecule has 6 rings (SSSR count). The molecule has 0 aliphatic carbocycles. The molecule has 2 fully saturated rings. The molecule has 0 saturated carbocycles. The van der Waals surface area contributed by atoms with E-state index < -0.39 is 5.60 Å². The summed E-state index contributed by atoms with van der Waals surface area (Å²) in [6.45, 7) is 13.9. The van der Waals surface area contributed by atoms with Crippen LogP contribution in [0.3, 0.4) is 0 Å². The number of benzene rings is 1. The van der Waals surface area contributed by atoms with E-state index in [1.165, 1.54) is 13.0 Å². The van der Waals surface area contributed by atoms with E-state index in [2.05, 4.69) is 72.5 Å². The second-order valence-electron chi connectivity index (χ2n) is 13.4. The zero-order chi connectivity index (χ0) is 29.0. The van der Waals surface area contributed by atoms with E-state index in [1.54, 1.807) is 13.8 Å². The van der Waals surface area contributed by atoms with Gasteiger partial charge in [-0.2, -0.15) is 4.98 Å². The summed E-state index contributed by atoms with van der Waals surface area (Å²) in [6.07, 6.45) is 3.99. The van der Waals surface area contributed by atoms with Crippen molar-refractivity contribution < 1.29 is 9.84 Å². The number of anilines is 5. The molecule has 9 nitrogen and oxygen atoms in total. The Labute approximate surface area is 243 Å². The van der Waals surface area contributed by atoms with Crippen molar-refractivity contribution in [1.82, 2.24) is 19.9 Å². The molecule has 0 unspecified atom stereocenters. The lowest BCUT2D eigenvalue weighted by Crippen LogP contribution is -2.54. The Morgan fingerprint density at radius 3 is 2.54 bits per heavy atom. The maximum absolute atomic E-state index is 10.7. The summed E-state index contributed by atoms with van der Waals surface area (Å²) in [7, 11) is 2.19. The van der Waals surface area contributed by atoms with Crippen molar-refractivity contribution in [1.29, 1.82) is 0 Å². The summed E-state index contributed by atoms with van der Waals surface area (Å²) in [4.78, 5) is 19.3. The molecular formula is C32H43N7O2. The lowest BCUT2D eigenvalue weighted by Gasteiger charge is -2.46. The van der Waals surface area contributed by atoms with Crippen LogP contribution in [-0.2, 0) is 15.8 Å². The molecule has 0 amide bonds. The number of ether oxygens (including phenoxy) is 1. The number of pyridine rings is 1. The molecule has 1 aromatic carbocycles. The average Bonchev–Trinajstić information content (AvgIpc) is 3.45. The van der Waals surface area contributed by atoms with Gasteiger partial charge in [-0.3, -0.25) is 0 Å². The topological polar surface area (TPSA) is 98.7 Å². The van der Waals surface area contributed by atoms with Gasteiger partial charge >= 0.3 is 0 Å². The summed E-state index contributed by atoms with van der Waals surface area (Å²) in [5.41, 5.74) is 2.09. The van der Waals surface area contributed by atoms with Crippen molar-refractivity contribution in [2.75, 3.05) is 48.8 Å². The van der Waals surface area contributed by atoms with Crippen LogP contribution in [0.2, 0.25) is 0 Å². The van der Waals surface area contributed by atoms with Crippen molar-refractivity contribution in [3.8, 4) is 0 Å². The number of rotatable bonds is 7. The van der Waals surface area contributed by atoms with Crippen molar-refractivity contribution in [2.45, 2.75) is 70.1 Å². The molecule has 41 heavy (non-hydrogen) atoms. The Balaban J connectivity index is 1.28. The fourth-order valence-corrected chi connectivity index (χ4v) is 6.41. The van der Waals surface area contributed by atoms with Gasteiger partial charge in [0.05, 0.1) is 23.9 Å². The molecule has 3 aliphatic rings. The molecule has 3 aromatic rings. The van der Waals surface area contributed by atoms with Gasteiger partial charge in [-0.05, 0) is 96.4 Å². The summed E-state index contributed by atoms with van der Waals surface area (Å²) in [5, 5.41) is 17.7. The van der Waals surface area contributed by atoms with Crippen LogP contribution in [0.5, 0.6) is 0 Å². The smallest absolute Gasteiger partial charge is 0.229 e. The van der Waals surface area contributed by atoms with E-state index in [4.69, 9.17) is 19.7 Å². The Kier molecular flexibility index (Phi) is 6.95. The van der Waals surface area contributed by atoms with E-state index in [0.29, 0.717) is 24.2 Å². The van der Waals surface area contributed by atoms with Crippen molar-refractivity contribution in [3.63, 3.8) is 0 Å². The molecule has 0 radical (unpaired) electrons. The van der Waals surface area contributed by atoms with Gasteiger partial charge in [0.25, 0.3) is 0 Å². The van der Waals surface area contributed by atoms with Crippen LogP contribution in [-0.4, -0.2) is 69.9 Å². The number of hydrogen-bond acceptors (Lipinski definition) is 9. The Morgan fingerprint density at radius 1 is 1.07 bits per heavy atom. The molecule has 5 heterocycles. The number of aromatic nitrogens is 3. The van der Waals surface area contributed by atoms with Crippen LogP contribution < -0.4 is 15.5 Å². The Morgan fingerprint density at radius 2 is 1.83 bits per heavy atom. The summed E-state index contributed by atoms with van der Waals surface area (Å²) in [6, 6.07) is 14.2. The number of aliphatic hydroxyl groups is 1. The molecular weight excluding hydrogens is 514 g/mol. The highest BCUT2D eigenvalue weighted by molar-refractivity contribution is 5.71. The van der Waals surface area contributed by atoms with Gasteiger partial charge in [-0.25, -0.2) is 9.97 Å². The van der Waals surface area contributed by atoms with Gasteiger partial charge in [0.1, 0.15) is 17.2 Å². The number of fused-ring (bicyclic) bond motifs is 3. The Bertz CT molecular complexity index is 1400. The van der Waals surface area contributed by atoms with Crippen LogP contribution in [0.1, 0.15) is 58.7 Å². The molecule has 9 heteroatoms. The predicted molar refractivity (Wildman–Crippen MR) is 163 cm³/mol. The third-order valence-corrected chi connectivity index (χ3v) is 8.94. The quantitative estimate of drug-likeness (QED) is 0.363. The molecule has 3 N–H and O–H groups in total. The second kappa shape index (κ2) is 10.2. The van der Waals surface area contributed by atoms with Gasteiger partial charge < -0.3 is 30.3 Å². The fourth-order valence-electron chi connectivity index (χ4n) is 6.41. The lowest BCUT2D eigenvalue weighted by molar-refractivity contribution is -0.0893. The first-order valence-corrected chi connectivity index (χ1v) is 14.7. The van der Waals surface area contributed by atoms with Crippen LogP contribution in [0.25, 0.3) is 0 Å². The minimum absolute atomic E-state index is 0.0837. The molecule has 0 spiro atoms. The monoisotopic (exact) mass is 557 g/mol. The van der Waals surface area contributed by atoms with Crippen LogP contribution in [0.15, 0.2) is 48.7 Å². The molecule has 0 bridgehead atoms. The second-order valence-corrected chi connectivity index (χ2v) is 13.4. The SMILES string of the molecule is CN1CC[C@H](CNc2ccc(Nc3ncc4c(n3)N(c3cccc(C(C)(C)O)n3)[C@H]3CC(C)(C)OC[C@@]43C)cc2)C1. The zero-order valence-corrected chi connectivity index (χ0v) is 25.1.